The number of pyridine rings is 3. The van der Waals surface area contributed by atoms with Gasteiger partial charge in [0.25, 0.3) is 5.95 Å². The van der Waals surface area contributed by atoms with Crippen LogP contribution in [-0.2, 0) is 10.3 Å². The summed E-state index contributed by atoms with van der Waals surface area (Å²) in [5, 5.41) is 0. The molecular weight excluding hydrogens is 485 g/mol. The van der Waals surface area contributed by atoms with E-state index in [1.54, 1.807) is 30.3 Å². The Hall–Kier alpha value is -4.80. The molecule has 0 saturated carbocycles. The van der Waals surface area contributed by atoms with Gasteiger partial charge in [0.1, 0.15) is 11.3 Å². The van der Waals surface area contributed by atoms with E-state index in [4.69, 9.17) is 10.5 Å². The van der Waals surface area contributed by atoms with Crippen LogP contribution >= 0.6 is 0 Å². The number of nitrogens with two attached hydrogens (primary N) is 1. The Bertz CT molecular complexity index is 1640. The van der Waals surface area contributed by atoms with E-state index in [1.807, 2.05) is 0 Å². The molecule has 3 aromatic heterocycles. The van der Waals surface area contributed by atoms with Crippen molar-refractivity contribution in [2.45, 2.75) is 12.0 Å². The molecule has 6 rings (SSSR count). The molecule has 184 valence electrons. The van der Waals surface area contributed by atoms with Crippen molar-refractivity contribution < 1.29 is 22.7 Å². The van der Waals surface area contributed by atoms with E-state index in [1.165, 1.54) is 36.5 Å². The topological polar surface area (TPSA) is 107 Å². The van der Waals surface area contributed by atoms with E-state index in [0.717, 1.165) is 6.07 Å². The summed E-state index contributed by atoms with van der Waals surface area (Å²) in [5.74, 6) is -2.93. The molecule has 0 saturated heterocycles. The van der Waals surface area contributed by atoms with Gasteiger partial charge in [-0.05, 0) is 42.0 Å². The number of amides is 1. The third-order valence-electron chi connectivity index (χ3n) is 6.54. The minimum atomic E-state index is -1.52. The predicted molar refractivity (Wildman–Crippen MR) is 127 cm³/mol. The number of hydrogen-bond acceptors (Lipinski definition) is 7. The van der Waals surface area contributed by atoms with Gasteiger partial charge in [-0.2, -0.15) is 13.2 Å². The number of nitrogens with zero attached hydrogens (tertiary/aromatic N) is 5. The molecule has 0 bridgehead atoms. The minimum absolute atomic E-state index is 0.0820. The number of rotatable bonds is 2. The average Bonchev–Trinajstić information content (AvgIpc) is 2.88. The fourth-order valence-electron chi connectivity index (χ4n) is 4.67. The lowest BCUT2D eigenvalue weighted by atomic mass is 9.76. The van der Waals surface area contributed by atoms with Gasteiger partial charge in [-0.3, -0.25) is 9.69 Å². The summed E-state index contributed by atoms with van der Waals surface area (Å²) in [5.41, 5.74) is 6.19. The Kier molecular flexibility index (Phi) is 4.97. The Morgan fingerprint density at radius 1 is 0.973 bits per heavy atom. The van der Waals surface area contributed by atoms with Crippen molar-refractivity contribution in [2.75, 3.05) is 7.05 Å². The highest BCUT2D eigenvalue weighted by Crippen LogP contribution is 2.54. The first kappa shape index (κ1) is 22.7. The van der Waals surface area contributed by atoms with E-state index in [-0.39, 0.29) is 52.2 Å². The van der Waals surface area contributed by atoms with Crippen LogP contribution in [0, 0.1) is 17.8 Å². The van der Waals surface area contributed by atoms with Crippen molar-refractivity contribution in [3.63, 3.8) is 0 Å². The molecule has 2 N–H and O–H groups in total. The highest BCUT2D eigenvalue weighted by Gasteiger charge is 2.49. The molecule has 37 heavy (non-hydrogen) atoms. The Labute approximate surface area is 208 Å². The third-order valence-corrected chi connectivity index (χ3v) is 6.54. The van der Waals surface area contributed by atoms with Crippen LogP contribution in [0.1, 0.15) is 17.5 Å². The molecule has 1 amide bonds. The minimum Gasteiger partial charge on any atom is -0.452 e. The number of carbonyl (C=O) groups excluding carboxylic acids is 1. The van der Waals surface area contributed by atoms with Crippen LogP contribution < -0.4 is 10.5 Å². The van der Waals surface area contributed by atoms with Gasteiger partial charge in [0.15, 0.2) is 11.7 Å². The van der Waals surface area contributed by atoms with Crippen LogP contribution in [0.15, 0.2) is 65.9 Å². The van der Waals surface area contributed by atoms with Gasteiger partial charge < -0.3 is 10.5 Å². The van der Waals surface area contributed by atoms with Gasteiger partial charge >= 0.3 is 0 Å². The van der Waals surface area contributed by atoms with E-state index < -0.39 is 23.4 Å². The van der Waals surface area contributed by atoms with Crippen molar-refractivity contribution in [3.8, 4) is 33.9 Å². The number of ether oxygens (including phenoxy) is 1. The first-order valence-electron chi connectivity index (χ1n) is 11.1. The second-order valence-corrected chi connectivity index (χ2v) is 8.66. The van der Waals surface area contributed by atoms with Gasteiger partial charge in [-0.15, -0.1) is 0 Å². The molecule has 1 aromatic carbocycles. The van der Waals surface area contributed by atoms with E-state index in [2.05, 4.69) is 19.9 Å². The van der Waals surface area contributed by atoms with Gasteiger partial charge in [0.2, 0.25) is 17.8 Å². The van der Waals surface area contributed by atoms with Gasteiger partial charge in [-0.25, -0.2) is 19.9 Å². The van der Waals surface area contributed by atoms with Crippen LogP contribution in [0.5, 0.6) is 11.5 Å². The molecule has 0 radical (unpaired) electrons. The summed E-state index contributed by atoms with van der Waals surface area (Å²) in [6, 6.07) is 12.0. The van der Waals surface area contributed by atoms with Gasteiger partial charge in [0.05, 0.1) is 12.1 Å². The van der Waals surface area contributed by atoms with Crippen LogP contribution in [0.3, 0.4) is 0 Å². The lowest BCUT2D eigenvalue weighted by molar-refractivity contribution is -0.128. The highest BCUT2D eigenvalue weighted by atomic mass is 19.1. The van der Waals surface area contributed by atoms with Crippen LogP contribution in [0.2, 0.25) is 0 Å². The zero-order valence-corrected chi connectivity index (χ0v) is 19.2. The fourth-order valence-corrected chi connectivity index (χ4v) is 4.67. The second kappa shape index (κ2) is 8.12. The van der Waals surface area contributed by atoms with Crippen molar-refractivity contribution >= 4 is 11.9 Å². The summed E-state index contributed by atoms with van der Waals surface area (Å²) in [7, 11) is 1.48. The fraction of sp³-hybridized carbons (Fsp3) is 0.115. The van der Waals surface area contributed by atoms with Crippen molar-refractivity contribution in [2.24, 2.45) is 10.7 Å². The summed E-state index contributed by atoms with van der Waals surface area (Å²) >= 11 is 0. The van der Waals surface area contributed by atoms with Crippen molar-refractivity contribution in [1.29, 1.82) is 0 Å². The average molecular weight is 502 g/mol. The zero-order chi connectivity index (χ0) is 25.9. The van der Waals surface area contributed by atoms with E-state index >= 15 is 4.39 Å². The smallest absolute Gasteiger partial charge is 0.256 e. The molecule has 11 heteroatoms. The molecule has 1 spiro atoms. The molecule has 8 nitrogen and oxygen atoms in total. The summed E-state index contributed by atoms with van der Waals surface area (Å²) < 4.78 is 49.7. The normalized spacial score (nSPS) is 18.2. The molecule has 0 fully saturated rings. The molecule has 2 aliphatic rings. The molecule has 0 aliphatic carbocycles. The molecule has 1 unspecified atom stereocenters. The maximum atomic E-state index is 15.4. The Morgan fingerprint density at radius 2 is 1.81 bits per heavy atom. The van der Waals surface area contributed by atoms with Crippen LogP contribution in [-0.4, -0.2) is 38.8 Å². The highest BCUT2D eigenvalue weighted by molar-refractivity contribution is 6.00. The number of aromatic nitrogens is 3. The van der Waals surface area contributed by atoms with Crippen LogP contribution in [0.25, 0.3) is 22.4 Å². The van der Waals surface area contributed by atoms with Gasteiger partial charge in [-0.1, -0.05) is 6.07 Å². The predicted octanol–water partition coefficient (Wildman–Crippen LogP) is 4.15. The maximum absolute atomic E-state index is 15.4. The van der Waals surface area contributed by atoms with E-state index in [0.29, 0.717) is 11.1 Å². The summed E-state index contributed by atoms with van der Waals surface area (Å²) in [4.78, 5) is 30.1. The first-order valence-corrected chi connectivity index (χ1v) is 11.1. The monoisotopic (exact) mass is 502 g/mol. The third kappa shape index (κ3) is 3.50. The standard InChI is InChI=1S/C26H17F3N6O2/c1-35-21(36)12-26(34-25(35)30)16-9-13(15-3-2-7-32-23(15)28)4-5-19(16)37-22-17(26)11-18(33-24(22)29)14-6-8-31-20(27)10-14/h2-11H,12H2,1H3,(H2,30,34). The molecule has 1 atom stereocenters. The number of hydrogen-bond donors (Lipinski definition) is 1. The van der Waals surface area contributed by atoms with Gasteiger partial charge in [0, 0.05) is 47.8 Å². The number of halogens is 3. The molecule has 5 heterocycles. The Balaban J connectivity index is 1.64. The first-order chi connectivity index (χ1) is 17.8. The summed E-state index contributed by atoms with van der Waals surface area (Å²) in [6.07, 6.45) is 2.34. The number of carbonyl (C=O) groups is 1. The maximum Gasteiger partial charge on any atom is 0.256 e. The lowest BCUT2D eigenvalue weighted by Gasteiger charge is -2.41. The Morgan fingerprint density at radius 3 is 2.57 bits per heavy atom. The zero-order valence-electron chi connectivity index (χ0n) is 19.2. The van der Waals surface area contributed by atoms with Crippen molar-refractivity contribution in [3.05, 3.63) is 89.9 Å². The van der Waals surface area contributed by atoms with E-state index in [9.17, 15) is 13.6 Å². The van der Waals surface area contributed by atoms with Crippen molar-refractivity contribution in [1.82, 2.24) is 19.9 Å². The largest absolute Gasteiger partial charge is 0.452 e. The lowest BCUT2D eigenvalue weighted by Crippen LogP contribution is -2.49. The van der Waals surface area contributed by atoms with Crippen LogP contribution in [0.4, 0.5) is 13.2 Å². The molecule has 4 aromatic rings. The number of benzene rings is 1. The SMILES string of the molecule is CN1C(=O)CC2(N=C1N)c1cc(-c3cccnc3F)ccc1Oc1c2cc(-c2ccnc(F)c2)nc1F. The number of fused-ring (bicyclic) bond motifs is 4. The number of guanidine groups is 1. The quantitative estimate of drug-likeness (QED) is 0.413. The number of aliphatic imine (C=N–C) groups is 1. The second-order valence-electron chi connectivity index (χ2n) is 8.66. The molecule has 2 aliphatic heterocycles. The summed E-state index contributed by atoms with van der Waals surface area (Å²) in [6.45, 7) is 0. The molecular formula is C26H17F3N6O2.